The lowest BCUT2D eigenvalue weighted by Gasteiger charge is -2.17. The first-order valence-electron chi connectivity index (χ1n) is 10.7. The number of carbonyl (C=O) groups excluding carboxylic acids is 1. The Morgan fingerprint density at radius 2 is 1.58 bits per heavy atom. The number of fused-ring (bicyclic) bond motifs is 1. The minimum absolute atomic E-state index is 0.149. The summed E-state index contributed by atoms with van der Waals surface area (Å²) in [5, 5.41) is 3.01. The van der Waals surface area contributed by atoms with Crippen LogP contribution in [0.25, 0.3) is 11.1 Å². The van der Waals surface area contributed by atoms with Crippen molar-refractivity contribution in [3.05, 3.63) is 86.0 Å². The van der Waals surface area contributed by atoms with Gasteiger partial charge in [0.25, 0.3) is 5.56 Å². The maximum absolute atomic E-state index is 12.8. The molecule has 0 saturated carbocycles. The molecule has 0 bridgehead atoms. The Labute approximate surface area is 192 Å². The van der Waals surface area contributed by atoms with Crippen LogP contribution >= 0.6 is 12.2 Å². The Morgan fingerprint density at radius 3 is 2.21 bits per heavy atom. The third kappa shape index (κ3) is 3.90. The number of amides is 1. The highest BCUT2D eigenvalue weighted by Gasteiger charge is 2.36. The van der Waals surface area contributed by atoms with E-state index in [0.29, 0.717) is 24.0 Å². The number of nitrogens with zero attached hydrogens (tertiary/aromatic N) is 1. The van der Waals surface area contributed by atoms with Crippen molar-refractivity contribution in [2.24, 2.45) is 0 Å². The molecule has 1 fully saturated rings. The van der Waals surface area contributed by atoms with Crippen molar-refractivity contribution in [2.45, 2.75) is 43.9 Å². The van der Waals surface area contributed by atoms with Crippen LogP contribution in [-0.4, -0.2) is 15.5 Å². The fraction of sp³-hybridized carbons (Fsp3) is 0.292. The number of rotatable bonds is 3. The Bertz CT molecular complexity index is 1340. The molecule has 1 aromatic heterocycles. The van der Waals surface area contributed by atoms with E-state index >= 15 is 0 Å². The van der Waals surface area contributed by atoms with Gasteiger partial charge in [-0.05, 0) is 60.3 Å². The Hall–Kier alpha value is -3.20. The quantitative estimate of drug-likeness (QED) is 0.535. The first-order chi connectivity index (χ1) is 15.7. The minimum atomic E-state index is -4.37. The van der Waals surface area contributed by atoms with Gasteiger partial charge in [0.2, 0.25) is 5.91 Å². The monoisotopic (exact) mass is 471 g/mol. The van der Waals surface area contributed by atoms with Crippen LogP contribution < -0.4 is 10.9 Å². The summed E-state index contributed by atoms with van der Waals surface area (Å²) in [5.41, 5.74) is 3.07. The van der Waals surface area contributed by atoms with E-state index in [9.17, 15) is 22.8 Å². The molecular weight excluding hydrogens is 451 g/mol. The lowest BCUT2D eigenvalue weighted by atomic mass is 9.98. The SMILES string of the molecule is O=C1N[C@@H](c2ccc(-c3ccc(C(F)(F)F)cc3)cc2)C[C@@H]1n1c2c(c(=O)[nH]c1=S)CCC2. The number of alkyl halides is 3. The minimum Gasteiger partial charge on any atom is -0.347 e. The van der Waals surface area contributed by atoms with E-state index in [2.05, 4.69) is 10.3 Å². The van der Waals surface area contributed by atoms with Crippen molar-refractivity contribution >= 4 is 18.1 Å². The second-order valence-electron chi connectivity index (χ2n) is 8.42. The molecule has 1 aliphatic heterocycles. The van der Waals surface area contributed by atoms with Gasteiger partial charge in [-0.25, -0.2) is 0 Å². The molecule has 9 heteroatoms. The second kappa shape index (κ2) is 7.98. The first kappa shape index (κ1) is 21.6. The maximum atomic E-state index is 12.8. The average molecular weight is 472 g/mol. The summed E-state index contributed by atoms with van der Waals surface area (Å²) < 4.78 is 40.4. The largest absolute Gasteiger partial charge is 0.416 e. The predicted octanol–water partition coefficient (Wildman–Crippen LogP) is 4.88. The van der Waals surface area contributed by atoms with Gasteiger partial charge in [0.15, 0.2) is 4.77 Å². The van der Waals surface area contributed by atoms with Gasteiger partial charge < -0.3 is 9.88 Å². The third-order valence-corrected chi connectivity index (χ3v) is 6.74. The molecule has 0 unspecified atom stereocenters. The molecule has 2 aliphatic rings. The molecule has 1 aliphatic carbocycles. The van der Waals surface area contributed by atoms with Crippen LogP contribution in [0.1, 0.15) is 47.3 Å². The fourth-order valence-corrected chi connectivity index (χ4v) is 5.11. The smallest absolute Gasteiger partial charge is 0.347 e. The number of hydrogen-bond donors (Lipinski definition) is 2. The topological polar surface area (TPSA) is 66.9 Å². The maximum Gasteiger partial charge on any atom is 0.416 e. The molecule has 2 aromatic carbocycles. The number of aromatic amines is 1. The van der Waals surface area contributed by atoms with Gasteiger partial charge in [-0.2, -0.15) is 13.2 Å². The van der Waals surface area contributed by atoms with Gasteiger partial charge in [0.1, 0.15) is 6.04 Å². The molecule has 5 rings (SSSR count). The summed E-state index contributed by atoms with van der Waals surface area (Å²) in [6.45, 7) is 0. The number of aromatic nitrogens is 2. The number of H-pyrrole nitrogens is 1. The Kier molecular flexibility index (Phi) is 5.23. The fourth-order valence-electron chi connectivity index (χ4n) is 4.78. The molecular formula is C24H20F3N3O2S. The summed E-state index contributed by atoms with van der Waals surface area (Å²) in [6, 6.07) is 11.7. The van der Waals surface area contributed by atoms with Crippen molar-refractivity contribution < 1.29 is 18.0 Å². The molecule has 33 heavy (non-hydrogen) atoms. The van der Waals surface area contributed by atoms with E-state index in [-0.39, 0.29) is 22.3 Å². The Balaban J connectivity index is 1.38. The molecule has 0 radical (unpaired) electrons. The lowest BCUT2D eigenvalue weighted by molar-refractivity contribution is -0.137. The van der Waals surface area contributed by atoms with Crippen LogP contribution in [0, 0.1) is 4.77 Å². The van der Waals surface area contributed by atoms with E-state index in [1.54, 1.807) is 4.57 Å². The summed E-state index contributed by atoms with van der Waals surface area (Å²) in [4.78, 5) is 27.7. The van der Waals surface area contributed by atoms with E-state index in [1.165, 1.54) is 12.1 Å². The van der Waals surface area contributed by atoms with E-state index in [4.69, 9.17) is 12.2 Å². The van der Waals surface area contributed by atoms with Gasteiger partial charge in [0, 0.05) is 17.7 Å². The molecule has 0 spiro atoms. The number of benzene rings is 2. The normalized spacial score (nSPS) is 20.0. The van der Waals surface area contributed by atoms with E-state index in [1.807, 2.05) is 24.3 Å². The number of carbonyl (C=O) groups is 1. The highest BCUT2D eigenvalue weighted by Crippen LogP contribution is 2.35. The summed E-state index contributed by atoms with van der Waals surface area (Å²) in [7, 11) is 0. The zero-order valence-electron chi connectivity index (χ0n) is 17.4. The lowest BCUT2D eigenvalue weighted by Crippen LogP contribution is -2.28. The summed E-state index contributed by atoms with van der Waals surface area (Å²) in [5.74, 6) is -0.149. The number of nitrogens with one attached hydrogen (secondary N) is 2. The highest BCUT2D eigenvalue weighted by atomic mass is 32.1. The molecule has 2 heterocycles. The third-order valence-electron chi connectivity index (χ3n) is 6.44. The van der Waals surface area contributed by atoms with E-state index in [0.717, 1.165) is 41.8 Å². The van der Waals surface area contributed by atoms with Gasteiger partial charge in [-0.3, -0.25) is 14.6 Å². The van der Waals surface area contributed by atoms with Crippen molar-refractivity contribution in [1.29, 1.82) is 0 Å². The Morgan fingerprint density at radius 1 is 0.939 bits per heavy atom. The zero-order chi connectivity index (χ0) is 23.3. The summed E-state index contributed by atoms with van der Waals surface area (Å²) in [6.07, 6.45) is -1.61. The van der Waals surface area contributed by atoms with Crippen LogP contribution in [0.5, 0.6) is 0 Å². The van der Waals surface area contributed by atoms with E-state index < -0.39 is 17.8 Å². The van der Waals surface area contributed by atoms with Gasteiger partial charge in [-0.1, -0.05) is 36.4 Å². The number of halogens is 3. The molecule has 3 aromatic rings. The highest BCUT2D eigenvalue weighted by molar-refractivity contribution is 7.71. The predicted molar refractivity (Wildman–Crippen MR) is 119 cm³/mol. The molecule has 1 saturated heterocycles. The first-order valence-corrected chi connectivity index (χ1v) is 11.1. The van der Waals surface area contributed by atoms with Crippen LogP contribution in [0.3, 0.4) is 0 Å². The van der Waals surface area contributed by atoms with Crippen molar-refractivity contribution in [2.75, 3.05) is 0 Å². The van der Waals surface area contributed by atoms with Crippen molar-refractivity contribution in [1.82, 2.24) is 14.9 Å². The molecule has 2 atom stereocenters. The number of hydrogen-bond acceptors (Lipinski definition) is 3. The van der Waals surface area contributed by atoms with Crippen LogP contribution in [0.15, 0.2) is 53.3 Å². The van der Waals surface area contributed by atoms with Gasteiger partial charge >= 0.3 is 6.18 Å². The van der Waals surface area contributed by atoms with Crippen LogP contribution in [0.2, 0.25) is 0 Å². The van der Waals surface area contributed by atoms with Crippen LogP contribution in [-0.2, 0) is 23.8 Å². The molecule has 2 N–H and O–H groups in total. The van der Waals surface area contributed by atoms with Crippen molar-refractivity contribution in [3.63, 3.8) is 0 Å². The second-order valence-corrected chi connectivity index (χ2v) is 8.80. The zero-order valence-corrected chi connectivity index (χ0v) is 18.2. The molecule has 1 amide bonds. The summed E-state index contributed by atoms with van der Waals surface area (Å²) >= 11 is 5.39. The average Bonchev–Trinajstić information content (AvgIpc) is 3.41. The molecule has 5 nitrogen and oxygen atoms in total. The van der Waals surface area contributed by atoms with Crippen molar-refractivity contribution in [3.8, 4) is 11.1 Å². The molecule has 170 valence electrons. The van der Waals surface area contributed by atoms with Gasteiger partial charge in [0.05, 0.1) is 11.6 Å². The standard InChI is InChI=1S/C24H20F3N3O2S/c25-24(26,27)16-10-8-14(9-11-16)13-4-6-15(7-5-13)18-12-20(22(32)28-18)30-19-3-1-2-17(19)21(31)29-23(30)33/h4-11,18,20H,1-3,12H2,(H,28,32)(H,29,31,33)/t18-,20+/m1/s1. The van der Waals surface area contributed by atoms with Gasteiger partial charge in [-0.15, -0.1) is 0 Å². The van der Waals surface area contributed by atoms with Crippen LogP contribution in [0.4, 0.5) is 13.2 Å².